The van der Waals surface area contributed by atoms with Gasteiger partial charge < -0.3 is 9.31 Å². The number of hydrogen-bond acceptors (Lipinski definition) is 3. The summed E-state index contributed by atoms with van der Waals surface area (Å²) in [5, 5.41) is 9.00. The Morgan fingerprint density at radius 1 is 1.11 bits per heavy atom. The SMILES string of the molecule is CC1(C)OB(c2c(C#N)ccc(F)c2F)OC1(C)C. The van der Waals surface area contributed by atoms with Crippen LogP contribution in [-0.4, -0.2) is 18.3 Å². The van der Waals surface area contributed by atoms with Gasteiger partial charge in [-0.15, -0.1) is 0 Å². The normalized spacial score (nSPS) is 20.4. The summed E-state index contributed by atoms with van der Waals surface area (Å²) in [6, 6.07) is 3.97. The van der Waals surface area contributed by atoms with Gasteiger partial charge in [-0.25, -0.2) is 8.78 Å². The molecule has 2 rings (SSSR count). The van der Waals surface area contributed by atoms with Crippen LogP contribution in [0.2, 0.25) is 0 Å². The molecule has 0 radical (unpaired) electrons. The van der Waals surface area contributed by atoms with E-state index < -0.39 is 30.0 Å². The molecule has 3 nitrogen and oxygen atoms in total. The predicted octanol–water partition coefficient (Wildman–Crippen LogP) is 2.14. The fourth-order valence-electron chi connectivity index (χ4n) is 1.86. The lowest BCUT2D eigenvalue weighted by molar-refractivity contribution is 0.00578. The third-order valence-corrected chi connectivity index (χ3v) is 3.74. The number of benzene rings is 1. The largest absolute Gasteiger partial charge is 0.499 e. The van der Waals surface area contributed by atoms with E-state index in [1.807, 2.05) is 6.07 Å². The Morgan fingerprint density at radius 2 is 1.63 bits per heavy atom. The van der Waals surface area contributed by atoms with Crippen molar-refractivity contribution in [1.29, 1.82) is 5.26 Å². The molecule has 1 fully saturated rings. The Balaban J connectivity index is 2.51. The van der Waals surface area contributed by atoms with Crippen LogP contribution in [0.3, 0.4) is 0 Å². The fraction of sp³-hybridized carbons (Fsp3) is 0.462. The molecule has 0 spiro atoms. The van der Waals surface area contributed by atoms with E-state index in [4.69, 9.17) is 14.6 Å². The molecule has 1 heterocycles. The number of halogens is 2. The number of nitriles is 1. The Morgan fingerprint density at radius 3 is 2.11 bits per heavy atom. The molecule has 0 atom stereocenters. The molecule has 6 heteroatoms. The van der Waals surface area contributed by atoms with E-state index in [0.29, 0.717) is 0 Å². The summed E-state index contributed by atoms with van der Waals surface area (Å²) in [5.74, 6) is -2.12. The van der Waals surface area contributed by atoms with E-state index in [0.717, 1.165) is 6.07 Å². The molecule has 19 heavy (non-hydrogen) atoms. The van der Waals surface area contributed by atoms with Gasteiger partial charge in [0.05, 0.1) is 22.8 Å². The van der Waals surface area contributed by atoms with Crippen molar-refractivity contribution in [2.75, 3.05) is 0 Å². The van der Waals surface area contributed by atoms with Gasteiger partial charge in [-0.3, -0.25) is 0 Å². The molecule has 0 amide bonds. The Bertz CT molecular complexity index is 550. The smallest absolute Gasteiger partial charge is 0.399 e. The van der Waals surface area contributed by atoms with E-state index >= 15 is 0 Å². The standard InChI is InChI=1S/C13H14BF2NO2/c1-12(2)13(3,4)19-14(18-12)10-8(7-17)5-6-9(15)11(10)16/h5-6H,1-4H3. The van der Waals surface area contributed by atoms with E-state index in [1.54, 1.807) is 27.7 Å². The van der Waals surface area contributed by atoms with Gasteiger partial charge >= 0.3 is 7.12 Å². The molecule has 0 bridgehead atoms. The minimum absolute atomic E-state index is 0.0115. The lowest BCUT2D eigenvalue weighted by Gasteiger charge is -2.32. The average molecular weight is 265 g/mol. The van der Waals surface area contributed by atoms with Gasteiger partial charge in [0.2, 0.25) is 0 Å². The van der Waals surface area contributed by atoms with Crippen LogP contribution < -0.4 is 5.46 Å². The molecule has 1 aromatic carbocycles. The highest BCUT2D eigenvalue weighted by molar-refractivity contribution is 6.63. The molecule has 0 unspecified atom stereocenters. The third kappa shape index (κ3) is 2.13. The van der Waals surface area contributed by atoms with E-state index in [-0.39, 0.29) is 11.0 Å². The summed E-state index contributed by atoms with van der Waals surface area (Å²) < 4.78 is 38.6. The molecule has 100 valence electrons. The van der Waals surface area contributed by atoms with Crippen molar-refractivity contribution >= 4 is 12.6 Å². The maximum absolute atomic E-state index is 13.9. The Kier molecular flexibility index (Phi) is 3.16. The van der Waals surface area contributed by atoms with Gasteiger partial charge in [0.25, 0.3) is 0 Å². The minimum atomic E-state index is -1.10. The summed E-state index contributed by atoms with van der Waals surface area (Å²) >= 11 is 0. The lowest BCUT2D eigenvalue weighted by Crippen LogP contribution is -2.41. The zero-order valence-electron chi connectivity index (χ0n) is 11.3. The Hall–Kier alpha value is -1.45. The summed E-state index contributed by atoms with van der Waals surface area (Å²) in [7, 11) is -1.09. The van der Waals surface area contributed by atoms with Crippen molar-refractivity contribution in [2.24, 2.45) is 0 Å². The number of nitrogens with zero attached hydrogens (tertiary/aromatic N) is 1. The van der Waals surface area contributed by atoms with Crippen molar-refractivity contribution in [2.45, 2.75) is 38.9 Å². The maximum Gasteiger partial charge on any atom is 0.499 e. The van der Waals surface area contributed by atoms with Crippen LogP contribution in [0.25, 0.3) is 0 Å². The first-order chi connectivity index (χ1) is 8.69. The predicted molar refractivity (Wildman–Crippen MR) is 66.8 cm³/mol. The summed E-state index contributed by atoms with van der Waals surface area (Å²) in [4.78, 5) is 0. The van der Waals surface area contributed by atoms with Crippen LogP contribution in [0.15, 0.2) is 12.1 Å². The summed E-state index contributed by atoms with van der Waals surface area (Å²) in [6.07, 6.45) is 0. The maximum atomic E-state index is 13.9. The van der Waals surface area contributed by atoms with E-state index in [1.165, 1.54) is 6.07 Å². The quantitative estimate of drug-likeness (QED) is 0.730. The zero-order valence-corrected chi connectivity index (χ0v) is 11.3. The van der Waals surface area contributed by atoms with Gasteiger partial charge in [-0.1, -0.05) is 0 Å². The van der Waals surface area contributed by atoms with E-state index in [2.05, 4.69) is 0 Å². The highest BCUT2D eigenvalue weighted by atomic mass is 19.2. The van der Waals surface area contributed by atoms with Crippen LogP contribution >= 0.6 is 0 Å². The number of rotatable bonds is 1. The van der Waals surface area contributed by atoms with Crippen LogP contribution in [0.4, 0.5) is 8.78 Å². The molecule has 0 N–H and O–H groups in total. The number of hydrogen-bond donors (Lipinski definition) is 0. The van der Waals surface area contributed by atoms with Gasteiger partial charge in [0.15, 0.2) is 11.6 Å². The molecule has 1 aliphatic rings. The van der Waals surface area contributed by atoms with Crippen LogP contribution in [0.1, 0.15) is 33.3 Å². The highest BCUT2D eigenvalue weighted by Gasteiger charge is 2.53. The second-order valence-corrected chi connectivity index (χ2v) is 5.52. The molecule has 0 aromatic heterocycles. The van der Waals surface area contributed by atoms with E-state index in [9.17, 15) is 8.78 Å². The van der Waals surface area contributed by atoms with Crippen molar-refractivity contribution in [3.8, 4) is 6.07 Å². The molecule has 1 saturated heterocycles. The van der Waals surface area contributed by atoms with Gasteiger partial charge in [0.1, 0.15) is 0 Å². The van der Waals surface area contributed by atoms with Gasteiger partial charge in [-0.05, 0) is 39.8 Å². The summed E-state index contributed by atoms with van der Waals surface area (Å²) in [6.45, 7) is 7.21. The summed E-state index contributed by atoms with van der Waals surface area (Å²) in [5.41, 5.74) is -1.52. The molecule has 1 aromatic rings. The molecule has 0 aliphatic carbocycles. The van der Waals surface area contributed by atoms with Crippen LogP contribution in [-0.2, 0) is 9.31 Å². The van der Waals surface area contributed by atoms with Crippen molar-refractivity contribution in [3.63, 3.8) is 0 Å². The van der Waals surface area contributed by atoms with Gasteiger partial charge in [-0.2, -0.15) is 5.26 Å². The zero-order chi connectivity index (χ0) is 14.4. The minimum Gasteiger partial charge on any atom is -0.399 e. The average Bonchev–Trinajstić information content (AvgIpc) is 2.51. The van der Waals surface area contributed by atoms with Crippen LogP contribution in [0, 0.1) is 23.0 Å². The first-order valence-electron chi connectivity index (χ1n) is 5.93. The molecule has 1 aliphatic heterocycles. The highest BCUT2D eigenvalue weighted by Crippen LogP contribution is 2.36. The van der Waals surface area contributed by atoms with Crippen molar-refractivity contribution in [1.82, 2.24) is 0 Å². The fourth-order valence-corrected chi connectivity index (χ4v) is 1.86. The first-order valence-corrected chi connectivity index (χ1v) is 5.93. The monoisotopic (exact) mass is 265 g/mol. The third-order valence-electron chi connectivity index (χ3n) is 3.74. The topological polar surface area (TPSA) is 42.2 Å². The molecule has 0 saturated carbocycles. The first kappa shape index (κ1) is 14.0. The van der Waals surface area contributed by atoms with Gasteiger partial charge in [0, 0.05) is 5.46 Å². The lowest BCUT2D eigenvalue weighted by atomic mass is 9.75. The van der Waals surface area contributed by atoms with Crippen molar-refractivity contribution in [3.05, 3.63) is 29.3 Å². The second-order valence-electron chi connectivity index (χ2n) is 5.52. The molecular formula is C13H14BF2NO2. The van der Waals surface area contributed by atoms with Crippen molar-refractivity contribution < 1.29 is 18.1 Å². The Labute approximate surface area is 111 Å². The second kappa shape index (κ2) is 4.29. The molecular weight excluding hydrogens is 251 g/mol. The van der Waals surface area contributed by atoms with Crippen LogP contribution in [0.5, 0.6) is 0 Å².